The molecule has 2 aliphatic rings. The number of halogens is 1. The van der Waals surface area contributed by atoms with Crippen LogP contribution in [0.15, 0.2) is 12.1 Å². The Labute approximate surface area is 166 Å². The quantitative estimate of drug-likeness (QED) is 0.709. The number of carbonyl (C=O) groups excluding carboxylic acids is 2. The van der Waals surface area contributed by atoms with Crippen molar-refractivity contribution in [3.05, 3.63) is 35.2 Å². The van der Waals surface area contributed by atoms with Crippen LogP contribution in [0.4, 0.5) is 10.1 Å². The van der Waals surface area contributed by atoms with Gasteiger partial charge in [0.25, 0.3) is 11.8 Å². The highest BCUT2D eigenvalue weighted by Gasteiger charge is 2.29. The molecule has 10 heteroatoms. The van der Waals surface area contributed by atoms with Crippen molar-refractivity contribution in [2.45, 2.75) is 32.2 Å². The SMILES string of the molecule is Cc1cc(F)c2c(c1)OC[C@@H](NC(=O)c1n[nH]c(CC3CCCOC3)n1)C(=O)N2. The normalized spacial score (nSPS) is 21.5. The molecular weight excluding hydrogens is 381 g/mol. The van der Waals surface area contributed by atoms with E-state index in [0.717, 1.165) is 19.4 Å². The van der Waals surface area contributed by atoms with Gasteiger partial charge in [-0.05, 0) is 43.4 Å². The predicted octanol–water partition coefficient (Wildman–Crippen LogP) is 1.35. The van der Waals surface area contributed by atoms with E-state index in [-0.39, 0.29) is 23.9 Å². The minimum Gasteiger partial charge on any atom is -0.489 e. The number of nitrogens with zero attached hydrogens (tertiary/aromatic N) is 2. The van der Waals surface area contributed by atoms with E-state index in [1.807, 2.05) is 0 Å². The molecule has 0 radical (unpaired) electrons. The van der Waals surface area contributed by atoms with Crippen molar-refractivity contribution in [3.63, 3.8) is 0 Å². The zero-order valence-electron chi connectivity index (χ0n) is 16.0. The maximum Gasteiger partial charge on any atom is 0.291 e. The van der Waals surface area contributed by atoms with Crippen molar-refractivity contribution in [2.24, 2.45) is 5.92 Å². The van der Waals surface area contributed by atoms with Gasteiger partial charge < -0.3 is 20.1 Å². The van der Waals surface area contributed by atoms with Crippen LogP contribution < -0.4 is 15.4 Å². The molecule has 0 bridgehead atoms. The number of aromatic nitrogens is 3. The van der Waals surface area contributed by atoms with Crippen molar-refractivity contribution < 1.29 is 23.5 Å². The second kappa shape index (κ2) is 8.16. The minimum absolute atomic E-state index is 0.0350. The Morgan fingerprint density at radius 1 is 1.38 bits per heavy atom. The summed E-state index contributed by atoms with van der Waals surface area (Å²) in [4.78, 5) is 29.1. The number of rotatable bonds is 4. The summed E-state index contributed by atoms with van der Waals surface area (Å²) in [6, 6.07) is 1.91. The fraction of sp³-hybridized carbons (Fsp3) is 0.474. The molecule has 4 rings (SSSR count). The molecule has 0 spiro atoms. The first kappa shape index (κ1) is 19.3. The average molecular weight is 403 g/mol. The molecule has 3 N–H and O–H groups in total. The largest absolute Gasteiger partial charge is 0.489 e. The van der Waals surface area contributed by atoms with Gasteiger partial charge in [0.2, 0.25) is 5.82 Å². The molecule has 0 aliphatic carbocycles. The van der Waals surface area contributed by atoms with Crippen molar-refractivity contribution >= 4 is 17.5 Å². The van der Waals surface area contributed by atoms with Gasteiger partial charge in [0.15, 0.2) is 5.82 Å². The number of aryl methyl sites for hydroxylation is 1. The van der Waals surface area contributed by atoms with Crippen LogP contribution in [0, 0.1) is 18.7 Å². The molecule has 0 saturated carbocycles. The molecular formula is C19H22FN5O4. The van der Waals surface area contributed by atoms with E-state index in [9.17, 15) is 14.0 Å². The first-order chi connectivity index (χ1) is 14.0. The lowest BCUT2D eigenvalue weighted by molar-refractivity contribution is -0.118. The standard InChI is InChI=1S/C19H22FN5O4/c1-10-5-12(20)16-14(6-10)29-9-13(18(26)23-16)21-19(27)17-22-15(24-25-17)7-11-3-2-4-28-8-11/h5-6,11,13H,2-4,7-9H2,1H3,(H,21,27)(H,23,26)(H,22,24,25)/t11?,13-/m1/s1. The molecule has 2 aromatic rings. The minimum atomic E-state index is -1.01. The van der Waals surface area contributed by atoms with E-state index < -0.39 is 23.7 Å². The number of amides is 2. The van der Waals surface area contributed by atoms with Gasteiger partial charge >= 0.3 is 0 Å². The van der Waals surface area contributed by atoms with Gasteiger partial charge in [-0.3, -0.25) is 14.7 Å². The maximum atomic E-state index is 14.1. The smallest absolute Gasteiger partial charge is 0.291 e. The van der Waals surface area contributed by atoms with Gasteiger partial charge in [0.05, 0.1) is 0 Å². The summed E-state index contributed by atoms with van der Waals surface area (Å²) in [5.74, 6) is -0.683. The van der Waals surface area contributed by atoms with E-state index in [0.29, 0.717) is 30.3 Å². The van der Waals surface area contributed by atoms with E-state index >= 15 is 0 Å². The van der Waals surface area contributed by atoms with Crippen LogP contribution in [-0.4, -0.2) is 52.9 Å². The number of anilines is 1. The third-order valence-electron chi connectivity index (χ3n) is 4.95. The Morgan fingerprint density at radius 2 is 2.24 bits per heavy atom. The molecule has 9 nitrogen and oxygen atoms in total. The molecule has 2 atom stereocenters. The topological polar surface area (TPSA) is 118 Å². The van der Waals surface area contributed by atoms with Gasteiger partial charge in [-0.1, -0.05) is 0 Å². The first-order valence-corrected chi connectivity index (χ1v) is 9.53. The Bertz CT molecular complexity index is 925. The second-order valence-corrected chi connectivity index (χ2v) is 7.34. The summed E-state index contributed by atoms with van der Waals surface area (Å²) in [7, 11) is 0. The predicted molar refractivity (Wildman–Crippen MR) is 100 cm³/mol. The molecule has 29 heavy (non-hydrogen) atoms. The number of carbonyl (C=O) groups is 2. The lowest BCUT2D eigenvalue weighted by atomic mass is 9.98. The summed E-state index contributed by atoms with van der Waals surface area (Å²) in [5.41, 5.74) is 0.627. The van der Waals surface area contributed by atoms with Gasteiger partial charge in [-0.25, -0.2) is 9.37 Å². The van der Waals surface area contributed by atoms with Crippen LogP contribution in [0.5, 0.6) is 5.75 Å². The third-order valence-corrected chi connectivity index (χ3v) is 4.95. The second-order valence-electron chi connectivity index (χ2n) is 7.34. The van der Waals surface area contributed by atoms with Crippen LogP contribution >= 0.6 is 0 Å². The number of H-pyrrole nitrogens is 1. The van der Waals surface area contributed by atoms with Crippen molar-refractivity contribution in [2.75, 3.05) is 25.1 Å². The lowest BCUT2D eigenvalue weighted by Gasteiger charge is -2.20. The highest BCUT2D eigenvalue weighted by molar-refractivity contribution is 6.01. The van der Waals surface area contributed by atoms with E-state index in [4.69, 9.17) is 9.47 Å². The van der Waals surface area contributed by atoms with Crippen LogP contribution in [0.3, 0.4) is 0 Å². The average Bonchev–Trinajstić information content (AvgIpc) is 3.10. The number of fused-ring (bicyclic) bond motifs is 1. The molecule has 1 fully saturated rings. The number of benzene rings is 1. The Morgan fingerprint density at radius 3 is 3.03 bits per heavy atom. The van der Waals surface area contributed by atoms with Crippen LogP contribution in [-0.2, 0) is 16.0 Å². The van der Waals surface area contributed by atoms with Crippen LogP contribution in [0.2, 0.25) is 0 Å². The molecule has 1 unspecified atom stereocenters. The van der Waals surface area contributed by atoms with Crippen molar-refractivity contribution in [1.82, 2.24) is 20.5 Å². The van der Waals surface area contributed by atoms with E-state index in [1.54, 1.807) is 13.0 Å². The van der Waals surface area contributed by atoms with Gasteiger partial charge in [0.1, 0.15) is 29.9 Å². The highest BCUT2D eigenvalue weighted by Crippen LogP contribution is 2.31. The number of hydrogen-bond acceptors (Lipinski definition) is 6. The van der Waals surface area contributed by atoms with Gasteiger partial charge in [0, 0.05) is 19.6 Å². The zero-order valence-corrected chi connectivity index (χ0v) is 16.0. The lowest BCUT2D eigenvalue weighted by Crippen LogP contribution is -2.46. The summed E-state index contributed by atoms with van der Waals surface area (Å²) in [5, 5.41) is 11.7. The van der Waals surface area contributed by atoms with E-state index in [1.165, 1.54) is 6.07 Å². The van der Waals surface area contributed by atoms with Crippen LogP contribution in [0.1, 0.15) is 34.8 Å². The fourth-order valence-electron chi connectivity index (χ4n) is 3.46. The summed E-state index contributed by atoms with van der Waals surface area (Å²) < 4.78 is 25.1. The number of ether oxygens (including phenoxy) is 2. The van der Waals surface area contributed by atoms with Gasteiger partial charge in [-0.15, -0.1) is 5.10 Å². The number of aromatic amines is 1. The Hall–Kier alpha value is -3.01. The molecule has 1 aromatic carbocycles. The molecule has 1 aromatic heterocycles. The van der Waals surface area contributed by atoms with Gasteiger partial charge in [-0.2, -0.15) is 0 Å². The molecule has 154 valence electrons. The summed E-state index contributed by atoms with van der Waals surface area (Å²) in [6.07, 6.45) is 2.69. The first-order valence-electron chi connectivity index (χ1n) is 9.53. The highest BCUT2D eigenvalue weighted by atomic mass is 19.1. The van der Waals surface area contributed by atoms with Crippen molar-refractivity contribution in [3.8, 4) is 5.75 Å². The fourth-order valence-corrected chi connectivity index (χ4v) is 3.46. The van der Waals surface area contributed by atoms with Crippen LogP contribution in [0.25, 0.3) is 0 Å². The zero-order chi connectivity index (χ0) is 20.4. The Balaban J connectivity index is 1.40. The number of nitrogens with one attached hydrogen (secondary N) is 3. The maximum absolute atomic E-state index is 14.1. The molecule has 2 aliphatic heterocycles. The summed E-state index contributed by atoms with van der Waals surface area (Å²) in [6.45, 7) is 3.03. The summed E-state index contributed by atoms with van der Waals surface area (Å²) >= 11 is 0. The molecule has 2 amide bonds. The number of hydrogen-bond donors (Lipinski definition) is 3. The van der Waals surface area contributed by atoms with E-state index in [2.05, 4.69) is 25.8 Å². The van der Waals surface area contributed by atoms with Crippen molar-refractivity contribution in [1.29, 1.82) is 0 Å². The molecule has 1 saturated heterocycles. The third kappa shape index (κ3) is 4.37. The monoisotopic (exact) mass is 403 g/mol. The Kier molecular flexibility index (Phi) is 5.43. The molecule has 3 heterocycles.